The number of fused-ring (bicyclic) bond motifs is 1. The molecule has 0 saturated carbocycles. The van der Waals surface area contributed by atoms with E-state index in [4.69, 9.17) is 0 Å². The lowest BCUT2D eigenvalue weighted by atomic mass is 10.1. The molecular weight excluding hydrogens is 316 g/mol. The van der Waals surface area contributed by atoms with E-state index in [1.54, 1.807) is 7.05 Å². The molecule has 124 valence electrons. The van der Waals surface area contributed by atoms with Gasteiger partial charge in [-0.1, -0.05) is 24.3 Å². The van der Waals surface area contributed by atoms with Crippen molar-refractivity contribution in [1.29, 1.82) is 0 Å². The van der Waals surface area contributed by atoms with E-state index in [9.17, 15) is 4.79 Å². The summed E-state index contributed by atoms with van der Waals surface area (Å²) in [4.78, 5) is 24.1. The molecular formula is C18H16N6O. The zero-order valence-electron chi connectivity index (χ0n) is 13.8. The predicted molar refractivity (Wildman–Crippen MR) is 95.2 cm³/mol. The molecule has 2 heterocycles. The van der Waals surface area contributed by atoms with Gasteiger partial charge in [-0.05, 0) is 30.7 Å². The maximum Gasteiger partial charge on any atom is 0.293 e. The number of rotatable bonds is 3. The summed E-state index contributed by atoms with van der Waals surface area (Å²) in [5.74, 6) is 0.758. The standard InChI is InChI=1S/C18H16N6O/c1-11-5-3-4-6-13(11)16-22-14-8-7-12(9-15(14)23-16)21-18(25)17-19-10-20-24(17)2/h3-10H,1-2H3,(H,21,25)(H,22,23). The van der Waals surface area contributed by atoms with Gasteiger partial charge in [0.15, 0.2) is 0 Å². The minimum atomic E-state index is -0.307. The van der Waals surface area contributed by atoms with Gasteiger partial charge in [-0.25, -0.2) is 14.6 Å². The van der Waals surface area contributed by atoms with Crippen LogP contribution < -0.4 is 5.32 Å². The first-order chi connectivity index (χ1) is 12.1. The Morgan fingerprint density at radius 2 is 2.04 bits per heavy atom. The van der Waals surface area contributed by atoms with Crippen molar-refractivity contribution in [3.05, 3.63) is 60.2 Å². The highest BCUT2D eigenvalue weighted by Crippen LogP contribution is 2.25. The molecule has 0 spiro atoms. The van der Waals surface area contributed by atoms with Crippen LogP contribution in [0.1, 0.15) is 16.2 Å². The van der Waals surface area contributed by atoms with Gasteiger partial charge in [0.2, 0.25) is 5.82 Å². The number of hydrogen-bond acceptors (Lipinski definition) is 4. The highest BCUT2D eigenvalue weighted by Gasteiger charge is 2.13. The summed E-state index contributed by atoms with van der Waals surface area (Å²) in [6, 6.07) is 13.6. The molecule has 0 aliphatic rings. The molecule has 0 saturated heterocycles. The van der Waals surface area contributed by atoms with E-state index >= 15 is 0 Å². The molecule has 0 fully saturated rings. The second kappa shape index (κ2) is 5.86. The number of aryl methyl sites for hydroxylation is 2. The van der Waals surface area contributed by atoms with E-state index < -0.39 is 0 Å². The lowest BCUT2D eigenvalue weighted by Gasteiger charge is -2.04. The molecule has 0 aliphatic heterocycles. The van der Waals surface area contributed by atoms with E-state index in [-0.39, 0.29) is 11.7 Å². The lowest BCUT2D eigenvalue weighted by Crippen LogP contribution is -2.17. The first-order valence-electron chi connectivity index (χ1n) is 7.83. The summed E-state index contributed by atoms with van der Waals surface area (Å²) >= 11 is 0. The van der Waals surface area contributed by atoms with Crippen molar-refractivity contribution in [3.8, 4) is 11.4 Å². The summed E-state index contributed by atoms with van der Waals surface area (Å²) in [6.45, 7) is 2.05. The molecule has 25 heavy (non-hydrogen) atoms. The maximum atomic E-state index is 12.2. The largest absolute Gasteiger partial charge is 0.338 e. The smallest absolute Gasteiger partial charge is 0.293 e. The van der Waals surface area contributed by atoms with Gasteiger partial charge in [-0.15, -0.1) is 0 Å². The van der Waals surface area contributed by atoms with Crippen molar-refractivity contribution in [2.45, 2.75) is 6.92 Å². The third-order valence-corrected chi connectivity index (χ3v) is 4.05. The molecule has 2 aromatic carbocycles. The minimum absolute atomic E-state index is 0.255. The zero-order chi connectivity index (χ0) is 17.4. The first-order valence-corrected chi connectivity index (χ1v) is 7.83. The van der Waals surface area contributed by atoms with E-state index in [1.807, 2.05) is 36.4 Å². The molecule has 2 aromatic heterocycles. The number of hydrogen-bond donors (Lipinski definition) is 2. The van der Waals surface area contributed by atoms with E-state index in [0.29, 0.717) is 5.69 Å². The molecule has 0 bridgehead atoms. The van der Waals surface area contributed by atoms with Crippen LogP contribution in [-0.4, -0.2) is 30.6 Å². The molecule has 0 unspecified atom stereocenters. The minimum Gasteiger partial charge on any atom is -0.338 e. The molecule has 7 nitrogen and oxygen atoms in total. The number of H-pyrrole nitrogens is 1. The molecule has 7 heteroatoms. The van der Waals surface area contributed by atoms with Crippen molar-refractivity contribution >= 4 is 22.6 Å². The molecule has 0 atom stereocenters. The van der Waals surface area contributed by atoms with E-state index in [2.05, 4.69) is 38.4 Å². The number of nitrogens with one attached hydrogen (secondary N) is 2. The number of benzene rings is 2. The predicted octanol–water partition coefficient (Wildman–Crippen LogP) is 2.92. The summed E-state index contributed by atoms with van der Waals surface area (Å²) in [7, 11) is 1.68. The third kappa shape index (κ3) is 2.76. The average molecular weight is 332 g/mol. The van der Waals surface area contributed by atoms with Crippen LogP contribution in [0.25, 0.3) is 22.4 Å². The maximum absolute atomic E-state index is 12.2. The zero-order valence-corrected chi connectivity index (χ0v) is 13.8. The Morgan fingerprint density at radius 1 is 1.20 bits per heavy atom. The van der Waals surface area contributed by atoms with Crippen LogP contribution >= 0.6 is 0 Å². The fourth-order valence-corrected chi connectivity index (χ4v) is 2.74. The van der Waals surface area contributed by atoms with Gasteiger partial charge in [-0.2, -0.15) is 5.10 Å². The van der Waals surface area contributed by atoms with Gasteiger partial charge in [0.25, 0.3) is 5.91 Å². The Balaban J connectivity index is 1.66. The van der Waals surface area contributed by atoms with Gasteiger partial charge in [0.1, 0.15) is 12.2 Å². The molecule has 2 N–H and O–H groups in total. The van der Waals surface area contributed by atoms with Crippen LogP contribution in [0.5, 0.6) is 0 Å². The number of nitrogens with zero attached hydrogens (tertiary/aromatic N) is 4. The summed E-state index contributed by atoms with van der Waals surface area (Å²) < 4.78 is 1.43. The van der Waals surface area contributed by atoms with Crippen molar-refractivity contribution in [3.63, 3.8) is 0 Å². The Bertz CT molecular complexity index is 1080. The summed E-state index contributed by atoms with van der Waals surface area (Å²) in [5, 5.41) is 6.73. The van der Waals surface area contributed by atoms with Gasteiger partial charge in [-0.3, -0.25) is 4.79 Å². The fraction of sp³-hybridized carbons (Fsp3) is 0.111. The second-order valence-electron chi connectivity index (χ2n) is 5.79. The number of carbonyl (C=O) groups excluding carboxylic acids is 1. The van der Waals surface area contributed by atoms with Crippen molar-refractivity contribution < 1.29 is 4.79 Å². The average Bonchev–Trinajstić information content (AvgIpc) is 3.20. The third-order valence-electron chi connectivity index (χ3n) is 4.05. The summed E-state index contributed by atoms with van der Waals surface area (Å²) in [6.07, 6.45) is 1.35. The SMILES string of the molecule is Cc1ccccc1-c1nc2ccc(NC(=O)c3ncnn3C)cc2[nH]1. The van der Waals surface area contributed by atoms with E-state index in [0.717, 1.165) is 28.0 Å². The lowest BCUT2D eigenvalue weighted by molar-refractivity contribution is 0.101. The van der Waals surface area contributed by atoms with Gasteiger partial charge >= 0.3 is 0 Å². The molecule has 4 rings (SSSR count). The van der Waals surface area contributed by atoms with Crippen LogP contribution in [-0.2, 0) is 7.05 Å². The fourth-order valence-electron chi connectivity index (χ4n) is 2.74. The Hall–Kier alpha value is -3.48. The van der Waals surface area contributed by atoms with Gasteiger partial charge in [0, 0.05) is 18.3 Å². The highest BCUT2D eigenvalue weighted by atomic mass is 16.2. The number of anilines is 1. The van der Waals surface area contributed by atoms with Gasteiger partial charge < -0.3 is 10.3 Å². The highest BCUT2D eigenvalue weighted by molar-refractivity contribution is 6.02. The van der Waals surface area contributed by atoms with Crippen molar-refractivity contribution in [1.82, 2.24) is 24.7 Å². The first kappa shape index (κ1) is 15.1. The van der Waals surface area contributed by atoms with Crippen molar-refractivity contribution in [2.24, 2.45) is 7.05 Å². The Morgan fingerprint density at radius 3 is 2.80 bits per heavy atom. The van der Waals surface area contributed by atoms with Crippen LogP contribution in [0.2, 0.25) is 0 Å². The molecule has 4 aromatic rings. The molecule has 0 radical (unpaired) electrons. The quantitative estimate of drug-likeness (QED) is 0.604. The van der Waals surface area contributed by atoms with Crippen LogP contribution in [0.3, 0.4) is 0 Å². The number of aromatic amines is 1. The van der Waals surface area contributed by atoms with Crippen LogP contribution in [0, 0.1) is 6.92 Å². The number of aromatic nitrogens is 5. The topological polar surface area (TPSA) is 88.5 Å². The number of carbonyl (C=O) groups is 1. The van der Waals surface area contributed by atoms with Crippen LogP contribution in [0.4, 0.5) is 5.69 Å². The number of amides is 1. The Labute approximate surface area is 143 Å². The Kier molecular flexibility index (Phi) is 3.53. The number of imidazole rings is 1. The molecule has 0 aliphatic carbocycles. The normalized spacial score (nSPS) is 11.0. The monoisotopic (exact) mass is 332 g/mol. The second-order valence-corrected chi connectivity index (χ2v) is 5.79. The summed E-state index contributed by atoms with van der Waals surface area (Å²) in [5.41, 5.74) is 4.57. The van der Waals surface area contributed by atoms with Crippen molar-refractivity contribution in [2.75, 3.05) is 5.32 Å². The van der Waals surface area contributed by atoms with Crippen LogP contribution in [0.15, 0.2) is 48.8 Å². The van der Waals surface area contributed by atoms with Gasteiger partial charge in [0.05, 0.1) is 11.0 Å². The molecule has 1 amide bonds. The van der Waals surface area contributed by atoms with E-state index in [1.165, 1.54) is 11.0 Å².